The van der Waals surface area contributed by atoms with Crippen LogP contribution in [0.5, 0.6) is 11.5 Å². The molecule has 4 N–H and O–H groups in total. The number of hydrogen-bond acceptors (Lipinski definition) is 5. The molecule has 0 radical (unpaired) electrons. The molecular formula is C46H34N4O. The highest BCUT2D eigenvalue weighted by molar-refractivity contribution is 6.00. The lowest BCUT2D eigenvalue weighted by Gasteiger charge is -2.40. The molecule has 0 fully saturated rings. The number of nitrogen functional groups attached to an aromatic ring is 1. The SMILES string of the molecule is Nc1ccc(-c2cccc(C3N=C(c4ccc5c(c4)C4(c6ccccc6O5)c5ccccc5-c5ccccc54)NC(c4ccccc4)N3)c2)cc1. The molecule has 2 atom stereocenters. The van der Waals surface area contributed by atoms with Crippen molar-refractivity contribution in [1.82, 2.24) is 10.6 Å². The van der Waals surface area contributed by atoms with E-state index in [4.69, 9.17) is 15.5 Å². The zero-order valence-electron chi connectivity index (χ0n) is 27.8. The lowest BCUT2D eigenvalue weighted by Crippen LogP contribution is -2.45. The summed E-state index contributed by atoms with van der Waals surface area (Å²) in [6.45, 7) is 0. The number of anilines is 1. The van der Waals surface area contributed by atoms with Gasteiger partial charge in [0.2, 0.25) is 0 Å². The van der Waals surface area contributed by atoms with Crippen molar-refractivity contribution >= 4 is 11.5 Å². The fourth-order valence-corrected chi connectivity index (χ4v) is 8.26. The van der Waals surface area contributed by atoms with Crippen LogP contribution in [0.25, 0.3) is 22.3 Å². The average Bonchev–Trinajstić information content (AvgIpc) is 3.49. The Bertz CT molecular complexity index is 2440. The van der Waals surface area contributed by atoms with Crippen molar-refractivity contribution in [3.63, 3.8) is 0 Å². The molecule has 3 aliphatic rings. The van der Waals surface area contributed by atoms with Crippen molar-refractivity contribution < 1.29 is 4.74 Å². The molecule has 2 unspecified atom stereocenters. The first-order valence-corrected chi connectivity index (χ1v) is 17.4. The Hall–Kier alpha value is -6.43. The zero-order valence-corrected chi connectivity index (χ0v) is 27.8. The van der Waals surface area contributed by atoms with Gasteiger partial charge in [-0.05, 0) is 87.0 Å². The summed E-state index contributed by atoms with van der Waals surface area (Å²) in [5.74, 6) is 2.56. The molecule has 1 spiro atoms. The molecule has 0 amide bonds. The van der Waals surface area contributed by atoms with E-state index in [-0.39, 0.29) is 12.3 Å². The fraction of sp³-hybridized carbons (Fsp3) is 0.0652. The first-order valence-electron chi connectivity index (χ1n) is 17.4. The Morgan fingerprint density at radius 3 is 1.90 bits per heavy atom. The van der Waals surface area contributed by atoms with Crippen molar-refractivity contribution in [2.75, 3.05) is 5.73 Å². The van der Waals surface area contributed by atoms with E-state index in [0.29, 0.717) is 0 Å². The average molecular weight is 659 g/mol. The third-order valence-electron chi connectivity index (χ3n) is 10.6. The van der Waals surface area contributed by atoms with Crippen LogP contribution in [-0.2, 0) is 5.41 Å². The van der Waals surface area contributed by atoms with Crippen LogP contribution in [0, 0.1) is 0 Å². The zero-order chi connectivity index (χ0) is 33.9. The summed E-state index contributed by atoms with van der Waals surface area (Å²) in [7, 11) is 0. The number of nitrogens with two attached hydrogens (primary N) is 1. The van der Waals surface area contributed by atoms with Gasteiger partial charge in [0.1, 0.15) is 29.7 Å². The third kappa shape index (κ3) is 4.63. The second-order valence-electron chi connectivity index (χ2n) is 13.4. The standard InChI is InChI=1S/C46H34N4O/c47-34-24-21-29(22-25-34)31-13-10-14-32(27-31)44-48-43(30-11-2-1-3-12-30)49-45(50-44)33-23-26-42-40(28-33)46(39-19-8-9-20-41(39)51-42)37-17-6-4-15-35(37)36-16-5-7-18-38(36)46/h1-28,43-44,48H,47H2,(H,49,50). The molecule has 10 rings (SSSR count). The van der Waals surface area contributed by atoms with Gasteiger partial charge in [-0.1, -0.05) is 127 Å². The monoisotopic (exact) mass is 658 g/mol. The highest BCUT2D eigenvalue weighted by Crippen LogP contribution is 2.62. The van der Waals surface area contributed by atoms with Gasteiger partial charge in [-0.15, -0.1) is 0 Å². The van der Waals surface area contributed by atoms with E-state index >= 15 is 0 Å². The molecular weight excluding hydrogens is 625 g/mol. The van der Waals surface area contributed by atoms with Crippen LogP contribution in [0.2, 0.25) is 0 Å². The van der Waals surface area contributed by atoms with Gasteiger partial charge < -0.3 is 15.8 Å². The Labute approximate surface area is 297 Å². The number of ether oxygens (including phenoxy) is 1. The summed E-state index contributed by atoms with van der Waals surface area (Å²) in [6.07, 6.45) is -0.464. The molecule has 1 aliphatic carbocycles. The maximum absolute atomic E-state index is 6.70. The summed E-state index contributed by atoms with van der Waals surface area (Å²) in [5, 5.41) is 7.55. The minimum atomic E-state index is -0.549. The van der Waals surface area contributed by atoms with Crippen molar-refractivity contribution in [2.24, 2.45) is 4.99 Å². The topological polar surface area (TPSA) is 71.7 Å². The third-order valence-corrected chi connectivity index (χ3v) is 10.6. The fourth-order valence-electron chi connectivity index (χ4n) is 8.26. The van der Waals surface area contributed by atoms with Crippen LogP contribution in [0.3, 0.4) is 0 Å². The first kappa shape index (κ1) is 29.5. The number of aliphatic imine (C=N–C) groups is 1. The van der Waals surface area contributed by atoms with Crippen LogP contribution in [0.1, 0.15) is 51.3 Å². The van der Waals surface area contributed by atoms with Crippen LogP contribution in [-0.4, -0.2) is 5.84 Å². The highest BCUT2D eigenvalue weighted by Gasteiger charge is 2.51. The van der Waals surface area contributed by atoms with Crippen LogP contribution in [0.15, 0.2) is 175 Å². The summed E-state index contributed by atoms with van der Waals surface area (Å²) in [4.78, 5) is 5.38. The van der Waals surface area contributed by atoms with E-state index in [1.165, 1.54) is 22.3 Å². The molecule has 5 heteroatoms. The minimum absolute atomic E-state index is 0.168. The van der Waals surface area contributed by atoms with Gasteiger partial charge in [0.05, 0.1) is 5.41 Å². The quantitative estimate of drug-likeness (QED) is 0.165. The van der Waals surface area contributed by atoms with Gasteiger partial charge in [-0.25, -0.2) is 4.99 Å². The summed E-state index contributed by atoms with van der Waals surface area (Å²) in [6, 6.07) is 59.8. The predicted octanol–water partition coefficient (Wildman–Crippen LogP) is 9.74. The van der Waals surface area contributed by atoms with Crippen molar-refractivity contribution in [1.29, 1.82) is 0 Å². The summed E-state index contributed by atoms with van der Waals surface area (Å²) in [5.41, 5.74) is 18.9. The summed E-state index contributed by atoms with van der Waals surface area (Å²) >= 11 is 0. The number of para-hydroxylation sites is 1. The molecule has 5 nitrogen and oxygen atoms in total. The molecule has 0 aromatic heterocycles. The maximum Gasteiger partial charge on any atom is 0.132 e. The Morgan fingerprint density at radius 1 is 0.510 bits per heavy atom. The van der Waals surface area contributed by atoms with Crippen LogP contribution < -0.4 is 21.1 Å². The van der Waals surface area contributed by atoms with Gasteiger partial charge in [0.15, 0.2) is 0 Å². The molecule has 0 saturated carbocycles. The Balaban J connectivity index is 1.15. The maximum atomic E-state index is 6.70. The minimum Gasteiger partial charge on any atom is -0.457 e. The van der Waals surface area contributed by atoms with Crippen molar-refractivity contribution in [3.05, 3.63) is 209 Å². The predicted molar refractivity (Wildman–Crippen MR) is 205 cm³/mol. The molecule has 7 aromatic carbocycles. The van der Waals surface area contributed by atoms with E-state index < -0.39 is 5.41 Å². The second-order valence-corrected chi connectivity index (χ2v) is 13.4. The molecule has 7 aromatic rings. The molecule has 0 saturated heterocycles. The lowest BCUT2D eigenvalue weighted by molar-refractivity contribution is 0.409. The number of hydrogen-bond donors (Lipinski definition) is 3. The van der Waals surface area contributed by atoms with Gasteiger partial charge in [-0.3, -0.25) is 5.32 Å². The van der Waals surface area contributed by atoms with E-state index in [9.17, 15) is 0 Å². The van der Waals surface area contributed by atoms with Crippen molar-refractivity contribution in [3.8, 4) is 33.8 Å². The Morgan fingerprint density at radius 2 is 1.14 bits per heavy atom. The molecule has 51 heavy (non-hydrogen) atoms. The number of amidine groups is 1. The molecule has 2 heterocycles. The molecule has 2 aliphatic heterocycles. The summed E-state index contributed by atoms with van der Waals surface area (Å²) < 4.78 is 6.70. The molecule has 244 valence electrons. The van der Waals surface area contributed by atoms with E-state index in [1.807, 2.05) is 18.2 Å². The normalized spacial score (nSPS) is 17.6. The lowest BCUT2D eigenvalue weighted by atomic mass is 9.66. The highest BCUT2D eigenvalue weighted by atomic mass is 16.5. The van der Waals surface area contributed by atoms with Gasteiger partial charge in [-0.2, -0.15) is 0 Å². The second kappa shape index (κ2) is 11.6. The number of nitrogens with zero attached hydrogens (tertiary/aromatic N) is 1. The Kier molecular flexibility index (Phi) is 6.70. The van der Waals surface area contributed by atoms with E-state index in [0.717, 1.165) is 62.0 Å². The first-order chi connectivity index (χ1) is 25.2. The number of rotatable bonds is 4. The van der Waals surface area contributed by atoms with E-state index in [1.54, 1.807) is 0 Å². The number of fused-ring (bicyclic) bond motifs is 9. The van der Waals surface area contributed by atoms with Gasteiger partial charge >= 0.3 is 0 Å². The molecule has 0 bridgehead atoms. The van der Waals surface area contributed by atoms with Crippen molar-refractivity contribution in [2.45, 2.75) is 17.7 Å². The largest absolute Gasteiger partial charge is 0.457 e. The van der Waals surface area contributed by atoms with Gasteiger partial charge in [0, 0.05) is 22.4 Å². The number of nitrogens with one attached hydrogen (secondary N) is 2. The van der Waals surface area contributed by atoms with Crippen LogP contribution in [0.4, 0.5) is 5.69 Å². The van der Waals surface area contributed by atoms with E-state index in [2.05, 4.69) is 162 Å². The smallest absolute Gasteiger partial charge is 0.132 e. The van der Waals surface area contributed by atoms with Crippen LogP contribution >= 0.6 is 0 Å². The number of benzene rings is 7. The van der Waals surface area contributed by atoms with Gasteiger partial charge in [0.25, 0.3) is 0 Å².